The molecule has 1 aromatic rings. The van der Waals surface area contributed by atoms with E-state index < -0.39 is 12.8 Å². The summed E-state index contributed by atoms with van der Waals surface area (Å²) in [5, 5.41) is 6.24. The lowest BCUT2D eigenvalue weighted by atomic mass is 10.1. The van der Waals surface area contributed by atoms with Crippen LogP contribution in [0, 0.1) is 0 Å². The zero-order valence-corrected chi connectivity index (χ0v) is 14.1. The minimum absolute atomic E-state index is 0.0248. The average Bonchev–Trinajstić information content (AvgIpc) is 2.58. The van der Waals surface area contributed by atoms with Gasteiger partial charge in [0.05, 0.1) is 7.11 Å². The van der Waals surface area contributed by atoms with Crippen LogP contribution in [0.15, 0.2) is 18.2 Å². The SMILES string of the molecule is COc1cc(CCC(=O)NC2CCNCC2)ccc1OCC(F)(F)F. The smallest absolute Gasteiger partial charge is 0.422 e. The molecule has 1 aromatic carbocycles. The second-order valence-electron chi connectivity index (χ2n) is 5.98. The van der Waals surface area contributed by atoms with Crippen molar-refractivity contribution in [2.24, 2.45) is 0 Å². The Bertz CT molecular complexity index is 573. The summed E-state index contributed by atoms with van der Waals surface area (Å²) in [6.07, 6.45) is -1.77. The van der Waals surface area contributed by atoms with Gasteiger partial charge in [0.1, 0.15) is 0 Å². The largest absolute Gasteiger partial charge is 0.493 e. The highest BCUT2D eigenvalue weighted by Gasteiger charge is 2.29. The molecule has 1 heterocycles. The summed E-state index contributed by atoms with van der Waals surface area (Å²) in [5.41, 5.74) is 0.802. The lowest BCUT2D eigenvalue weighted by molar-refractivity contribution is -0.153. The molecule has 0 aromatic heterocycles. The molecule has 5 nitrogen and oxygen atoms in total. The third kappa shape index (κ3) is 6.81. The van der Waals surface area contributed by atoms with E-state index in [4.69, 9.17) is 9.47 Å². The first-order chi connectivity index (χ1) is 11.9. The molecule has 25 heavy (non-hydrogen) atoms. The number of carbonyl (C=O) groups excluding carboxylic acids is 1. The number of halogens is 3. The Kier molecular flexibility index (Phi) is 6.92. The fraction of sp³-hybridized carbons (Fsp3) is 0.588. The average molecular weight is 360 g/mol. The number of piperidine rings is 1. The summed E-state index contributed by atoms with van der Waals surface area (Å²) < 4.78 is 46.6. The van der Waals surface area contributed by atoms with Crippen LogP contribution in [0.3, 0.4) is 0 Å². The molecule has 1 fully saturated rings. The van der Waals surface area contributed by atoms with E-state index in [0.717, 1.165) is 31.5 Å². The van der Waals surface area contributed by atoms with Gasteiger partial charge in [0, 0.05) is 12.5 Å². The summed E-state index contributed by atoms with van der Waals surface area (Å²) in [5.74, 6) is 0.228. The molecule has 0 spiro atoms. The number of carbonyl (C=O) groups is 1. The van der Waals surface area contributed by atoms with Crippen LogP contribution in [-0.2, 0) is 11.2 Å². The van der Waals surface area contributed by atoms with Crippen LogP contribution >= 0.6 is 0 Å². The van der Waals surface area contributed by atoms with Crippen molar-refractivity contribution in [3.8, 4) is 11.5 Å². The maximum Gasteiger partial charge on any atom is 0.422 e. The third-order valence-corrected chi connectivity index (χ3v) is 3.96. The molecule has 0 bridgehead atoms. The van der Waals surface area contributed by atoms with Gasteiger partial charge in [-0.2, -0.15) is 13.2 Å². The Labute approximate surface area is 144 Å². The summed E-state index contributed by atoms with van der Waals surface area (Å²) >= 11 is 0. The summed E-state index contributed by atoms with van der Waals surface area (Å²) in [4.78, 5) is 12.0. The van der Waals surface area contributed by atoms with Gasteiger partial charge in [-0.1, -0.05) is 6.07 Å². The Morgan fingerprint density at radius 2 is 2.00 bits per heavy atom. The normalized spacial score (nSPS) is 15.7. The van der Waals surface area contributed by atoms with Crippen LogP contribution in [0.1, 0.15) is 24.8 Å². The molecule has 1 aliphatic rings. The quantitative estimate of drug-likeness (QED) is 0.784. The molecule has 2 rings (SSSR count). The summed E-state index contributed by atoms with van der Waals surface area (Å²) in [6, 6.07) is 4.89. The van der Waals surface area contributed by atoms with Crippen molar-refractivity contribution in [1.82, 2.24) is 10.6 Å². The number of nitrogens with one attached hydrogen (secondary N) is 2. The Morgan fingerprint density at radius 3 is 2.64 bits per heavy atom. The fourth-order valence-electron chi connectivity index (χ4n) is 2.67. The monoisotopic (exact) mass is 360 g/mol. The van der Waals surface area contributed by atoms with Crippen LogP contribution in [0.25, 0.3) is 0 Å². The number of aryl methyl sites for hydroxylation is 1. The van der Waals surface area contributed by atoms with Crippen LogP contribution < -0.4 is 20.1 Å². The van der Waals surface area contributed by atoms with Crippen LogP contribution in [0.2, 0.25) is 0 Å². The van der Waals surface area contributed by atoms with Crippen molar-refractivity contribution >= 4 is 5.91 Å². The number of methoxy groups -OCH3 is 1. The molecule has 0 unspecified atom stereocenters. The van der Waals surface area contributed by atoms with E-state index in [2.05, 4.69) is 10.6 Å². The standard InChI is InChI=1S/C17H23F3N2O3/c1-24-15-10-12(2-4-14(15)25-11-17(18,19)20)3-5-16(23)22-13-6-8-21-9-7-13/h2,4,10,13,21H,3,5-9,11H2,1H3,(H,22,23). The molecular weight excluding hydrogens is 337 g/mol. The summed E-state index contributed by atoms with van der Waals surface area (Å²) in [6.45, 7) is 0.435. The Balaban J connectivity index is 1.86. The van der Waals surface area contributed by atoms with Gasteiger partial charge in [0.15, 0.2) is 18.1 Å². The molecule has 1 aliphatic heterocycles. The first-order valence-corrected chi connectivity index (χ1v) is 8.24. The first kappa shape index (κ1) is 19.4. The minimum Gasteiger partial charge on any atom is -0.493 e. The second kappa shape index (κ2) is 8.94. The lowest BCUT2D eigenvalue weighted by Gasteiger charge is -2.23. The molecule has 0 saturated carbocycles. The fourth-order valence-corrected chi connectivity index (χ4v) is 2.67. The van der Waals surface area contributed by atoms with E-state index in [9.17, 15) is 18.0 Å². The highest BCUT2D eigenvalue weighted by Crippen LogP contribution is 2.30. The van der Waals surface area contributed by atoms with Crippen molar-refractivity contribution in [3.63, 3.8) is 0 Å². The van der Waals surface area contributed by atoms with Crippen LogP contribution in [0.4, 0.5) is 13.2 Å². The van der Waals surface area contributed by atoms with E-state index in [0.29, 0.717) is 12.8 Å². The number of ether oxygens (including phenoxy) is 2. The Hall–Kier alpha value is -1.96. The van der Waals surface area contributed by atoms with E-state index >= 15 is 0 Å². The van der Waals surface area contributed by atoms with Crippen LogP contribution in [-0.4, -0.2) is 44.9 Å². The first-order valence-electron chi connectivity index (χ1n) is 8.24. The van der Waals surface area contributed by atoms with Gasteiger partial charge in [0.25, 0.3) is 0 Å². The van der Waals surface area contributed by atoms with E-state index in [1.807, 2.05) is 0 Å². The number of amides is 1. The predicted octanol–water partition coefficient (Wildman–Crippen LogP) is 2.44. The van der Waals surface area contributed by atoms with Gasteiger partial charge in [0.2, 0.25) is 5.91 Å². The van der Waals surface area contributed by atoms with Gasteiger partial charge in [-0.3, -0.25) is 4.79 Å². The van der Waals surface area contributed by atoms with E-state index in [1.54, 1.807) is 12.1 Å². The molecule has 0 aliphatic carbocycles. The molecule has 1 amide bonds. The number of hydrogen-bond acceptors (Lipinski definition) is 4. The van der Waals surface area contributed by atoms with Gasteiger partial charge < -0.3 is 20.1 Å². The molecule has 140 valence electrons. The Morgan fingerprint density at radius 1 is 1.28 bits per heavy atom. The predicted molar refractivity (Wildman–Crippen MR) is 86.9 cm³/mol. The van der Waals surface area contributed by atoms with Gasteiger partial charge in [-0.25, -0.2) is 0 Å². The highest BCUT2D eigenvalue weighted by atomic mass is 19.4. The van der Waals surface area contributed by atoms with Crippen molar-refractivity contribution in [2.75, 3.05) is 26.8 Å². The molecule has 2 N–H and O–H groups in total. The maximum atomic E-state index is 12.2. The lowest BCUT2D eigenvalue weighted by Crippen LogP contribution is -2.42. The second-order valence-corrected chi connectivity index (χ2v) is 5.98. The number of hydrogen-bond donors (Lipinski definition) is 2. The van der Waals surface area contributed by atoms with Crippen molar-refractivity contribution in [1.29, 1.82) is 0 Å². The number of alkyl halides is 3. The van der Waals surface area contributed by atoms with Crippen molar-refractivity contribution < 1.29 is 27.4 Å². The highest BCUT2D eigenvalue weighted by molar-refractivity contribution is 5.76. The van der Waals surface area contributed by atoms with Gasteiger partial charge in [-0.05, 0) is 50.0 Å². The summed E-state index contributed by atoms with van der Waals surface area (Å²) in [7, 11) is 1.36. The third-order valence-electron chi connectivity index (χ3n) is 3.96. The molecule has 0 radical (unpaired) electrons. The van der Waals surface area contributed by atoms with Crippen molar-refractivity contribution in [3.05, 3.63) is 23.8 Å². The maximum absolute atomic E-state index is 12.2. The topological polar surface area (TPSA) is 59.6 Å². The van der Waals surface area contributed by atoms with E-state index in [1.165, 1.54) is 13.2 Å². The zero-order valence-electron chi connectivity index (χ0n) is 14.1. The molecule has 1 saturated heterocycles. The number of rotatable bonds is 7. The van der Waals surface area contributed by atoms with E-state index in [-0.39, 0.29) is 23.4 Å². The number of benzene rings is 1. The molecular formula is C17H23F3N2O3. The zero-order chi connectivity index (χ0) is 18.3. The molecule has 0 atom stereocenters. The minimum atomic E-state index is -4.41. The van der Waals surface area contributed by atoms with Gasteiger partial charge in [-0.15, -0.1) is 0 Å². The van der Waals surface area contributed by atoms with Gasteiger partial charge >= 0.3 is 6.18 Å². The molecule has 8 heteroatoms. The van der Waals surface area contributed by atoms with Crippen molar-refractivity contribution in [2.45, 2.75) is 37.9 Å². The van der Waals surface area contributed by atoms with Crippen LogP contribution in [0.5, 0.6) is 11.5 Å².